The quantitative estimate of drug-likeness (QED) is 0.401. The van der Waals surface area contributed by atoms with Crippen LogP contribution in [0.2, 0.25) is 0 Å². The van der Waals surface area contributed by atoms with Crippen molar-refractivity contribution in [2.24, 2.45) is 17.7 Å². The van der Waals surface area contributed by atoms with E-state index in [1.165, 1.54) is 0 Å². The van der Waals surface area contributed by atoms with Crippen LogP contribution in [0.25, 0.3) is 0 Å². The van der Waals surface area contributed by atoms with E-state index in [-0.39, 0.29) is 6.42 Å². The summed E-state index contributed by atoms with van der Waals surface area (Å²) in [5.41, 5.74) is 0. The fourth-order valence-corrected chi connectivity index (χ4v) is 0.594. The Morgan fingerprint density at radius 2 is 1.64 bits per heavy atom. The first-order valence-electron chi connectivity index (χ1n) is 2.98. The number of carbonyl (C=O) groups is 2. The lowest BCUT2D eigenvalue weighted by molar-refractivity contribution is -0.163. The molecule has 0 aromatic carbocycles. The van der Waals surface area contributed by atoms with E-state index in [4.69, 9.17) is 0 Å². The lowest BCUT2D eigenvalue weighted by Crippen LogP contribution is -2.30. The van der Waals surface area contributed by atoms with Gasteiger partial charge in [-0.2, -0.15) is 11.8 Å². The molecule has 0 aliphatic rings. The van der Waals surface area contributed by atoms with E-state index in [2.05, 4.69) is 21.5 Å². The van der Waals surface area contributed by atoms with Crippen molar-refractivity contribution in [3.05, 3.63) is 0 Å². The molecule has 0 aromatic rings. The fraction of sp³-hybridized carbons (Fsp3) is 0.600. The van der Waals surface area contributed by atoms with Crippen LogP contribution >= 0.6 is 0 Å². The first-order chi connectivity index (χ1) is 5.17. The minimum absolute atomic E-state index is 0.242. The van der Waals surface area contributed by atoms with Crippen LogP contribution in [0.3, 0.4) is 0 Å². The smallest absolute Gasteiger partial charge is 0.338 e. The van der Waals surface area contributed by atoms with Gasteiger partial charge < -0.3 is 9.68 Å². The van der Waals surface area contributed by atoms with Gasteiger partial charge >= 0.3 is 11.9 Å². The molecule has 0 saturated carbocycles. The molecule has 4 N–H and O–H groups in total. The van der Waals surface area contributed by atoms with Crippen molar-refractivity contribution in [3.63, 3.8) is 0 Å². The minimum Gasteiger partial charge on any atom is -0.373 e. The molecule has 0 fully saturated rings. The molecule has 0 spiro atoms. The lowest BCUT2D eigenvalue weighted by Gasteiger charge is -2.06. The van der Waals surface area contributed by atoms with Crippen molar-refractivity contribution in [3.8, 4) is 0 Å². The highest BCUT2D eigenvalue weighted by Crippen LogP contribution is 2.04. The summed E-state index contributed by atoms with van der Waals surface area (Å²) < 4.78 is 0. The SMILES string of the molecule is CCC(C(=O)ON)C(=O)ON. The molecule has 0 atom stereocenters. The zero-order chi connectivity index (χ0) is 8.85. The number of hydrogen-bond acceptors (Lipinski definition) is 6. The van der Waals surface area contributed by atoms with Gasteiger partial charge in [-0.05, 0) is 6.42 Å². The number of carbonyl (C=O) groups excluding carboxylic acids is 2. The average molecular weight is 162 g/mol. The van der Waals surface area contributed by atoms with E-state index in [0.29, 0.717) is 0 Å². The maximum atomic E-state index is 10.6. The molecule has 6 nitrogen and oxygen atoms in total. The Morgan fingerprint density at radius 3 is 1.82 bits per heavy atom. The highest BCUT2D eigenvalue weighted by molar-refractivity contribution is 5.94. The maximum absolute atomic E-state index is 10.6. The van der Waals surface area contributed by atoms with Gasteiger partial charge in [0.25, 0.3) is 0 Å². The zero-order valence-corrected chi connectivity index (χ0v) is 6.07. The van der Waals surface area contributed by atoms with Crippen LogP contribution in [0.15, 0.2) is 0 Å². The van der Waals surface area contributed by atoms with Crippen molar-refractivity contribution >= 4 is 11.9 Å². The molecule has 0 aliphatic carbocycles. The van der Waals surface area contributed by atoms with Gasteiger partial charge in [-0.1, -0.05) is 6.92 Å². The maximum Gasteiger partial charge on any atom is 0.338 e. The molecule has 64 valence electrons. The molecule has 11 heavy (non-hydrogen) atoms. The zero-order valence-electron chi connectivity index (χ0n) is 6.07. The van der Waals surface area contributed by atoms with E-state index in [9.17, 15) is 9.59 Å². The summed E-state index contributed by atoms with van der Waals surface area (Å²) in [6.45, 7) is 1.61. The first-order valence-corrected chi connectivity index (χ1v) is 2.98. The second kappa shape index (κ2) is 4.64. The number of hydrogen-bond donors (Lipinski definition) is 2. The molecule has 0 amide bonds. The van der Waals surface area contributed by atoms with Crippen LogP contribution in [0.5, 0.6) is 0 Å². The minimum atomic E-state index is -1.02. The molecule has 0 radical (unpaired) electrons. The van der Waals surface area contributed by atoms with Gasteiger partial charge in [0.15, 0.2) is 5.92 Å². The Kier molecular flexibility index (Phi) is 4.16. The van der Waals surface area contributed by atoms with Gasteiger partial charge in [-0.25, -0.2) is 9.59 Å². The van der Waals surface area contributed by atoms with E-state index >= 15 is 0 Å². The second-order valence-corrected chi connectivity index (χ2v) is 1.83. The van der Waals surface area contributed by atoms with Crippen molar-refractivity contribution in [1.82, 2.24) is 0 Å². The average Bonchev–Trinajstić information content (AvgIpc) is 2.05. The molecule has 0 heterocycles. The van der Waals surface area contributed by atoms with E-state index in [1.54, 1.807) is 6.92 Å². The predicted octanol–water partition coefficient (Wildman–Crippen LogP) is -1.15. The summed E-state index contributed by atoms with van der Waals surface area (Å²) in [6, 6.07) is 0. The first kappa shape index (κ1) is 9.86. The molecule has 0 rings (SSSR count). The molecular formula is C5H10N2O4. The molecule has 0 saturated heterocycles. The third-order valence-electron chi connectivity index (χ3n) is 1.21. The van der Waals surface area contributed by atoms with Crippen molar-refractivity contribution < 1.29 is 19.3 Å². The third-order valence-corrected chi connectivity index (χ3v) is 1.21. The Morgan fingerprint density at radius 1 is 1.27 bits per heavy atom. The molecule has 0 aliphatic heterocycles. The van der Waals surface area contributed by atoms with Crippen LogP contribution in [0, 0.1) is 5.92 Å². The van der Waals surface area contributed by atoms with E-state index in [1.807, 2.05) is 0 Å². The number of rotatable bonds is 3. The summed E-state index contributed by atoms with van der Waals surface area (Å²) in [5, 5.41) is 0. The molecule has 6 heteroatoms. The third kappa shape index (κ3) is 2.52. The lowest BCUT2D eigenvalue weighted by atomic mass is 10.1. The largest absolute Gasteiger partial charge is 0.373 e. The van der Waals surface area contributed by atoms with Gasteiger partial charge in [-0.3, -0.25) is 0 Å². The van der Waals surface area contributed by atoms with Crippen LogP contribution in [-0.4, -0.2) is 11.9 Å². The topological polar surface area (TPSA) is 105 Å². The van der Waals surface area contributed by atoms with E-state index in [0.717, 1.165) is 0 Å². The van der Waals surface area contributed by atoms with Crippen molar-refractivity contribution in [1.29, 1.82) is 0 Å². The summed E-state index contributed by atoms with van der Waals surface area (Å²) in [5.74, 6) is 6.37. The molecular weight excluding hydrogens is 152 g/mol. The van der Waals surface area contributed by atoms with Gasteiger partial charge in [0, 0.05) is 0 Å². The summed E-state index contributed by atoms with van der Waals surface area (Å²) in [4.78, 5) is 28.9. The predicted molar refractivity (Wildman–Crippen MR) is 34.3 cm³/mol. The second-order valence-electron chi connectivity index (χ2n) is 1.83. The summed E-state index contributed by atoms with van der Waals surface area (Å²) >= 11 is 0. The Hall–Kier alpha value is -1.14. The van der Waals surface area contributed by atoms with Gasteiger partial charge in [-0.15, -0.1) is 0 Å². The summed E-state index contributed by atoms with van der Waals surface area (Å²) in [6.07, 6.45) is 0.242. The van der Waals surface area contributed by atoms with Crippen LogP contribution in [0.1, 0.15) is 13.3 Å². The van der Waals surface area contributed by atoms with Crippen molar-refractivity contribution in [2.75, 3.05) is 0 Å². The van der Waals surface area contributed by atoms with Gasteiger partial charge in [0.2, 0.25) is 0 Å². The Bertz CT molecular complexity index is 143. The Balaban J connectivity index is 4.15. The molecule has 0 bridgehead atoms. The van der Waals surface area contributed by atoms with Gasteiger partial charge in [0.05, 0.1) is 0 Å². The standard InChI is InChI=1S/C5H10N2O4/c1-2-3(4(8)10-6)5(9)11-7/h3H,2,6-7H2,1H3. The fourth-order valence-electron chi connectivity index (χ4n) is 0.594. The van der Waals surface area contributed by atoms with Crippen LogP contribution in [0.4, 0.5) is 0 Å². The highest BCUT2D eigenvalue weighted by atomic mass is 16.7. The molecule has 0 aromatic heterocycles. The van der Waals surface area contributed by atoms with Gasteiger partial charge in [0.1, 0.15) is 0 Å². The van der Waals surface area contributed by atoms with Crippen LogP contribution in [-0.2, 0) is 19.3 Å². The number of nitrogens with two attached hydrogens (primary N) is 2. The normalized spacial score (nSPS) is 9.45. The monoisotopic (exact) mass is 162 g/mol. The Labute approximate surface area is 63.3 Å². The van der Waals surface area contributed by atoms with Crippen LogP contribution < -0.4 is 11.8 Å². The van der Waals surface area contributed by atoms with Crippen molar-refractivity contribution in [2.45, 2.75) is 13.3 Å². The van der Waals surface area contributed by atoms with E-state index < -0.39 is 17.9 Å². The summed E-state index contributed by atoms with van der Waals surface area (Å²) in [7, 11) is 0. The molecule has 0 unspecified atom stereocenters. The highest BCUT2D eigenvalue weighted by Gasteiger charge is 2.27.